The van der Waals surface area contributed by atoms with E-state index in [1.165, 1.54) is 0 Å². The number of aromatic amines is 1. The summed E-state index contributed by atoms with van der Waals surface area (Å²) in [7, 11) is 0. The molecule has 0 spiro atoms. The van der Waals surface area contributed by atoms with Crippen molar-refractivity contribution in [1.29, 1.82) is 0 Å². The molecule has 1 fully saturated rings. The van der Waals surface area contributed by atoms with Crippen LogP contribution in [0.1, 0.15) is 6.23 Å². The van der Waals surface area contributed by atoms with E-state index in [1.807, 2.05) is 4.98 Å². The van der Waals surface area contributed by atoms with Crippen LogP contribution in [0.25, 0.3) is 0 Å². The lowest BCUT2D eigenvalue weighted by Crippen LogP contribution is -2.50. The molecule has 1 aliphatic heterocycles. The van der Waals surface area contributed by atoms with Crippen LogP contribution in [0.15, 0.2) is 21.9 Å². The Morgan fingerprint density at radius 2 is 2.15 bits per heavy atom. The Morgan fingerprint density at radius 1 is 1.50 bits per heavy atom. The van der Waals surface area contributed by atoms with Crippen LogP contribution in [0.4, 0.5) is 13.2 Å². The normalized spacial score (nSPS) is 33.8. The molecular weight excluding hydrogens is 285 g/mol. The van der Waals surface area contributed by atoms with Gasteiger partial charge in [0.05, 0.1) is 6.61 Å². The fourth-order valence-electron chi connectivity index (χ4n) is 2.01. The molecule has 4 atom stereocenters. The number of hydrogen-bond donors (Lipinski definition) is 3. The van der Waals surface area contributed by atoms with Crippen LogP contribution in [-0.2, 0) is 4.74 Å². The van der Waals surface area contributed by atoms with Crippen molar-refractivity contribution < 1.29 is 28.1 Å². The molecule has 1 aliphatic rings. The highest BCUT2D eigenvalue weighted by molar-refractivity contribution is 5.03. The molecule has 0 aromatic carbocycles. The number of alkyl halides is 3. The third-order valence-electron chi connectivity index (χ3n) is 3.14. The highest BCUT2D eigenvalue weighted by atomic mass is 19.3. The van der Waals surface area contributed by atoms with Crippen molar-refractivity contribution in [2.24, 2.45) is 0 Å². The molecule has 0 unspecified atom stereocenters. The van der Waals surface area contributed by atoms with Gasteiger partial charge in [-0.2, -0.15) is 0 Å². The van der Waals surface area contributed by atoms with Crippen molar-refractivity contribution >= 4 is 0 Å². The average molecular weight is 296 g/mol. The fraction of sp³-hybridized carbons (Fsp3) is 0.600. The second kappa shape index (κ2) is 5.04. The van der Waals surface area contributed by atoms with E-state index < -0.39 is 48.4 Å². The molecule has 1 saturated heterocycles. The maximum Gasteiger partial charge on any atom is 0.330 e. The minimum atomic E-state index is -3.42. The quantitative estimate of drug-likeness (QED) is 0.647. The summed E-state index contributed by atoms with van der Waals surface area (Å²) in [5.41, 5.74) is -4.73. The van der Waals surface area contributed by atoms with E-state index in [-0.39, 0.29) is 0 Å². The van der Waals surface area contributed by atoms with Crippen LogP contribution in [0, 0.1) is 0 Å². The first kappa shape index (κ1) is 14.8. The van der Waals surface area contributed by atoms with Gasteiger partial charge in [-0.15, -0.1) is 0 Å². The van der Waals surface area contributed by atoms with Gasteiger partial charge in [0, 0.05) is 12.3 Å². The zero-order chi connectivity index (χ0) is 15.1. The van der Waals surface area contributed by atoms with Crippen molar-refractivity contribution in [2.45, 2.75) is 30.5 Å². The summed E-state index contributed by atoms with van der Waals surface area (Å²) in [4.78, 5) is 24.2. The topological polar surface area (TPSA) is 105 Å². The van der Waals surface area contributed by atoms with E-state index in [0.29, 0.717) is 4.57 Å². The lowest BCUT2D eigenvalue weighted by Gasteiger charge is -2.27. The number of aliphatic hydroxyl groups is 2. The molecule has 1 aromatic heterocycles. The highest BCUT2D eigenvalue weighted by Gasteiger charge is 2.61. The SMILES string of the molecule is O=c1ccn([C@@H]2O[C@@](CO)(C(F)F)[C@@H](F)[C@H]2O)c(=O)[nH]1. The number of aliphatic hydroxyl groups excluding tert-OH is 2. The van der Waals surface area contributed by atoms with Gasteiger partial charge in [0.1, 0.15) is 6.10 Å². The summed E-state index contributed by atoms with van der Waals surface area (Å²) in [6.45, 7) is -1.38. The molecule has 112 valence electrons. The Kier molecular flexibility index (Phi) is 3.71. The first-order valence-electron chi connectivity index (χ1n) is 5.54. The van der Waals surface area contributed by atoms with Crippen LogP contribution >= 0.6 is 0 Å². The predicted octanol–water partition coefficient (Wildman–Crippen LogP) is -1.24. The third kappa shape index (κ3) is 2.05. The zero-order valence-electron chi connectivity index (χ0n) is 9.87. The summed E-state index contributed by atoms with van der Waals surface area (Å²) in [6.07, 6.45) is -9.02. The molecule has 0 radical (unpaired) electrons. The Morgan fingerprint density at radius 3 is 2.60 bits per heavy atom. The van der Waals surface area contributed by atoms with Crippen LogP contribution in [0.2, 0.25) is 0 Å². The number of rotatable bonds is 3. The van der Waals surface area contributed by atoms with Gasteiger partial charge in [-0.3, -0.25) is 14.3 Å². The monoisotopic (exact) mass is 296 g/mol. The summed E-state index contributed by atoms with van der Waals surface area (Å²) in [5, 5.41) is 18.6. The second-order valence-corrected chi connectivity index (χ2v) is 4.33. The van der Waals surface area contributed by atoms with Crippen molar-refractivity contribution in [2.75, 3.05) is 6.61 Å². The molecule has 7 nitrogen and oxygen atoms in total. The molecule has 1 aromatic rings. The fourth-order valence-corrected chi connectivity index (χ4v) is 2.01. The predicted molar refractivity (Wildman–Crippen MR) is 58.2 cm³/mol. The molecule has 0 saturated carbocycles. The van der Waals surface area contributed by atoms with Crippen LogP contribution < -0.4 is 11.2 Å². The number of nitrogens with one attached hydrogen (secondary N) is 1. The number of hydrogen-bond acceptors (Lipinski definition) is 5. The largest absolute Gasteiger partial charge is 0.393 e. The lowest BCUT2D eigenvalue weighted by molar-refractivity contribution is -0.186. The van der Waals surface area contributed by atoms with Gasteiger partial charge in [-0.25, -0.2) is 18.0 Å². The molecular formula is C10H11F3N2O5. The van der Waals surface area contributed by atoms with Crippen LogP contribution in [-0.4, -0.2) is 50.7 Å². The molecule has 2 rings (SSSR count). The van der Waals surface area contributed by atoms with E-state index in [0.717, 1.165) is 12.3 Å². The molecule has 20 heavy (non-hydrogen) atoms. The van der Waals surface area contributed by atoms with Gasteiger partial charge < -0.3 is 14.9 Å². The Hall–Kier alpha value is -1.65. The van der Waals surface area contributed by atoms with Gasteiger partial charge in [0.15, 0.2) is 18.0 Å². The van der Waals surface area contributed by atoms with Crippen LogP contribution in [0.3, 0.4) is 0 Å². The molecule has 0 amide bonds. The maximum absolute atomic E-state index is 13.8. The van der Waals surface area contributed by atoms with E-state index in [2.05, 4.69) is 0 Å². The van der Waals surface area contributed by atoms with E-state index in [4.69, 9.17) is 9.84 Å². The van der Waals surface area contributed by atoms with Gasteiger partial charge in [0.25, 0.3) is 12.0 Å². The van der Waals surface area contributed by atoms with Gasteiger partial charge >= 0.3 is 5.69 Å². The maximum atomic E-state index is 13.8. The average Bonchev–Trinajstić information content (AvgIpc) is 2.64. The van der Waals surface area contributed by atoms with E-state index in [1.54, 1.807) is 0 Å². The highest BCUT2D eigenvalue weighted by Crippen LogP contribution is 2.41. The molecule has 3 N–H and O–H groups in total. The smallest absolute Gasteiger partial charge is 0.330 e. The number of aromatic nitrogens is 2. The number of ether oxygens (including phenoxy) is 1. The molecule has 10 heteroatoms. The number of nitrogens with zero attached hydrogens (tertiary/aromatic N) is 1. The lowest BCUT2D eigenvalue weighted by atomic mass is 9.98. The van der Waals surface area contributed by atoms with Crippen molar-refractivity contribution in [3.05, 3.63) is 33.1 Å². The van der Waals surface area contributed by atoms with Gasteiger partial charge in [-0.1, -0.05) is 0 Å². The van der Waals surface area contributed by atoms with Crippen molar-refractivity contribution in [3.8, 4) is 0 Å². The van der Waals surface area contributed by atoms with E-state index >= 15 is 0 Å². The Balaban J connectivity index is 2.45. The summed E-state index contributed by atoms with van der Waals surface area (Å²) < 4.78 is 44.9. The molecule has 0 aliphatic carbocycles. The van der Waals surface area contributed by atoms with Crippen molar-refractivity contribution in [3.63, 3.8) is 0 Å². The Bertz CT molecular complexity index is 603. The number of H-pyrrole nitrogens is 1. The molecule has 0 bridgehead atoms. The molecule has 2 heterocycles. The number of halogens is 3. The first-order chi connectivity index (χ1) is 9.33. The van der Waals surface area contributed by atoms with Gasteiger partial charge in [-0.05, 0) is 0 Å². The summed E-state index contributed by atoms with van der Waals surface area (Å²) in [5.74, 6) is 0. The third-order valence-corrected chi connectivity index (χ3v) is 3.14. The minimum absolute atomic E-state index is 0.568. The summed E-state index contributed by atoms with van der Waals surface area (Å²) in [6, 6.07) is 0.881. The second-order valence-electron chi connectivity index (χ2n) is 4.33. The standard InChI is InChI=1S/C10H11F3N2O5/c11-6-5(18)7(20-10(6,3-16)8(12)13)15-2-1-4(17)14-9(15)19/h1-2,5-8,16,18H,3H2,(H,14,17,19)/t5-,6+,7-,10-/m1/s1. The summed E-state index contributed by atoms with van der Waals surface area (Å²) >= 11 is 0. The zero-order valence-corrected chi connectivity index (χ0v) is 9.87. The van der Waals surface area contributed by atoms with E-state index in [9.17, 15) is 27.9 Å². The van der Waals surface area contributed by atoms with Crippen molar-refractivity contribution in [1.82, 2.24) is 9.55 Å². The van der Waals surface area contributed by atoms with Gasteiger partial charge in [0.2, 0.25) is 0 Å². The first-order valence-corrected chi connectivity index (χ1v) is 5.54. The van der Waals surface area contributed by atoms with Crippen LogP contribution in [0.5, 0.6) is 0 Å². The minimum Gasteiger partial charge on any atom is -0.393 e. The Labute approximate surface area is 109 Å².